The third-order valence-electron chi connectivity index (χ3n) is 1.69. The molecular formula is C10H20O6. The van der Waals surface area contributed by atoms with Crippen LogP contribution in [0.3, 0.4) is 0 Å². The Kier molecular flexibility index (Phi) is 11.2. The first kappa shape index (κ1) is 17.3. The zero-order chi connectivity index (χ0) is 13.1. The average molecular weight is 236 g/mol. The lowest BCUT2D eigenvalue weighted by molar-refractivity contribution is -0.147. The molecule has 4 N–H and O–H groups in total. The second kappa shape index (κ2) is 10.4. The molecule has 0 bridgehead atoms. The van der Waals surface area contributed by atoms with Gasteiger partial charge in [0.05, 0.1) is 0 Å². The summed E-state index contributed by atoms with van der Waals surface area (Å²) in [6, 6.07) is 0. The van der Waals surface area contributed by atoms with E-state index in [1.165, 1.54) is 0 Å². The molecule has 0 spiro atoms. The summed E-state index contributed by atoms with van der Waals surface area (Å²) in [7, 11) is 0. The third kappa shape index (κ3) is 10.9. The molecule has 0 rings (SSSR count). The standard InChI is InChI=1S/2C5H10O3/c2*1-2-3-4(6)5(7)8/h2*4,6H,2-3H2,1H3,(H,7,8). The van der Waals surface area contributed by atoms with Gasteiger partial charge in [-0.3, -0.25) is 0 Å². The Labute approximate surface area is 94.5 Å². The van der Waals surface area contributed by atoms with Gasteiger partial charge in [-0.05, 0) is 12.8 Å². The molecular weight excluding hydrogens is 216 g/mol. The van der Waals surface area contributed by atoms with E-state index in [-0.39, 0.29) is 0 Å². The van der Waals surface area contributed by atoms with Crippen LogP contribution in [0.2, 0.25) is 0 Å². The predicted molar refractivity (Wildman–Crippen MR) is 57.1 cm³/mol. The van der Waals surface area contributed by atoms with Crippen LogP contribution in [0.4, 0.5) is 0 Å². The van der Waals surface area contributed by atoms with E-state index in [1.54, 1.807) is 0 Å². The van der Waals surface area contributed by atoms with E-state index in [9.17, 15) is 9.59 Å². The number of carbonyl (C=O) groups is 2. The first-order valence-corrected chi connectivity index (χ1v) is 5.18. The summed E-state index contributed by atoms with van der Waals surface area (Å²) in [5.74, 6) is -2.27. The van der Waals surface area contributed by atoms with Crippen molar-refractivity contribution in [2.45, 2.75) is 51.7 Å². The molecule has 16 heavy (non-hydrogen) atoms. The summed E-state index contributed by atoms with van der Waals surface area (Å²) >= 11 is 0. The van der Waals surface area contributed by atoms with E-state index in [2.05, 4.69) is 0 Å². The molecule has 2 unspecified atom stereocenters. The van der Waals surface area contributed by atoms with Gasteiger partial charge >= 0.3 is 11.9 Å². The summed E-state index contributed by atoms with van der Waals surface area (Å²) in [4.78, 5) is 19.7. The highest BCUT2D eigenvalue weighted by Gasteiger charge is 2.10. The van der Waals surface area contributed by atoms with Crippen molar-refractivity contribution in [3.63, 3.8) is 0 Å². The number of aliphatic carboxylic acids is 2. The number of hydrogen-bond acceptors (Lipinski definition) is 4. The third-order valence-corrected chi connectivity index (χ3v) is 1.69. The number of rotatable bonds is 6. The molecule has 6 heteroatoms. The summed E-state index contributed by atoms with van der Waals surface area (Å²) in [6.45, 7) is 3.65. The van der Waals surface area contributed by atoms with Crippen LogP contribution in [0.5, 0.6) is 0 Å². The first-order chi connectivity index (χ1) is 7.36. The Bertz CT molecular complexity index is 181. The monoisotopic (exact) mass is 236 g/mol. The molecule has 0 amide bonds. The number of hydrogen-bond donors (Lipinski definition) is 4. The smallest absolute Gasteiger partial charge is 0.332 e. The van der Waals surface area contributed by atoms with Crippen LogP contribution in [-0.4, -0.2) is 44.6 Å². The molecule has 2 atom stereocenters. The van der Waals surface area contributed by atoms with Crippen molar-refractivity contribution in [1.29, 1.82) is 0 Å². The maximum atomic E-state index is 9.84. The quantitative estimate of drug-likeness (QED) is 0.532. The summed E-state index contributed by atoms with van der Waals surface area (Å²) < 4.78 is 0. The summed E-state index contributed by atoms with van der Waals surface area (Å²) in [5.41, 5.74) is 0. The van der Waals surface area contributed by atoms with Gasteiger partial charge in [0.1, 0.15) is 0 Å². The van der Waals surface area contributed by atoms with Crippen LogP contribution >= 0.6 is 0 Å². The Morgan fingerprint density at radius 2 is 1.12 bits per heavy atom. The highest BCUT2D eigenvalue weighted by atomic mass is 16.4. The van der Waals surface area contributed by atoms with Crippen LogP contribution in [-0.2, 0) is 9.59 Å². The van der Waals surface area contributed by atoms with Crippen molar-refractivity contribution < 1.29 is 30.0 Å². The molecule has 0 aliphatic rings. The Morgan fingerprint density at radius 3 is 1.19 bits per heavy atom. The molecule has 0 fully saturated rings. The average Bonchev–Trinajstić information content (AvgIpc) is 2.19. The van der Waals surface area contributed by atoms with Gasteiger partial charge in [0, 0.05) is 0 Å². The number of carboxylic acid groups (broad SMARTS) is 2. The van der Waals surface area contributed by atoms with E-state index in [0.29, 0.717) is 25.7 Å². The molecule has 0 radical (unpaired) electrons. The number of aliphatic hydroxyl groups is 2. The largest absolute Gasteiger partial charge is 0.479 e. The van der Waals surface area contributed by atoms with E-state index < -0.39 is 24.1 Å². The molecule has 0 aliphatic heterocycles. The normalized spacial score (nSPS) is 13.2. The lowest BCUT2D eigenvalue weighted by Crippen LogP contribution is -2.18. The SMILES string of the molecule is CCCC(O)C(=O)O.CCCC(O)C(=O)O. The lowest BCUT2D eigenvalue weighted by atomic mass is 10.2. The first-order valence-electron chi connectivity index (χ1n) is 5.18. The van der Waals surface area contributed by atoms with Gasteiger partial charge < -0.3 is 20.4 Å². The molecule has 0 aromatic heterocycles. The van der Waals surface area contributed by atoms with E-state index in [1.807, 2.05) is 13.8 Å². The van der Waals surface area contributed by atoms with Crippen molar-refractivity contribution in [2.24, 2.45) is 0 Å². The van der Waals surface area contributed by atoms with Gasteiger partial charge in [-0.25, -0.2) is 9.59 Å². The topological polar surface area (TPSA) is 115 Å². The molecule has 6 nitrogen and oxygen atoms in total. The van der Waals surface area contributed by atoms with Gasteiger partial charge in [-0.1, -0.05) is 26.7 Å². The zero-order valence-electron chi connectivity index (χ0n) is 9.59. The van der Waals surface area contributed by atoms with Gasteiger partial charge in [-0.15, -0.1) is 0 Å². The van der Waals surface area contributed by atoms with Crippen LogP contribution in [0.25, 0.3) is 0 Å². The Hall–Kier alpha value is -1.14. The Morgan fingerprint density at radius 1 is 0.875 bits per heavy atom. The number of aliphatic hydroxyl groups excluding tert-OH is 2. The van der Waals surface area contributed by atoms with Crippen LogP contribution in [0, 0.1) is 0 Å². The zero-order valence-corrected chi connectivity index (χ0v) is 9.59. The second-order valence-electron chi connectivity index (χ2n) is 3.29. The number of carboxylic acids is 2. The second-order valence-corrected chi connectivity index (χ2v) is 3.29. The Balaban J connectivity index is 0. The fourth-order valence-corrected chi connectivity index (χ4v) is 0.794. The lowest BCUT2D eigenvalue weighted by Gasteiger charge is -1.99. The molecule has 0 heterocycles. The van der Waals surface area contributed by atoms with Gasteiger partial charge in [0.25, 0.3) is 0 Å². The fourth-order valence-electron chi connectivity index (χ4n) is 0.794. The molecule has 0 saturated heterocycles. The molecule has 0 aromatic carbocycles. The van der Waals surface area contributed by atoms with Crippen molar-refractivity contribution in [3.05, 3.63) is 0 Å². The summed E-state index contributed by atoms with van der Waals surface area (Å²) in [6.07, 6.45) is -0.244. The van der Waals surface area contributed by atoms with E-state index >= 15 is 0 Å². The van der Waals surface area contributed by atoms with Gasteiger partial charge in [0.2, 0.25) is 0 Å². The minimum absolute atomic E-state index is 0.343. The fraction of sp³-hybridized carbons (Fsp3) is 0.800. The van der Waals surface area contributed by atoms with Crippen LogP contribution in [0.1, 0.15) is 39.5 Å². The van der Waals surface area contributed by atoms with Gasteiger partial charge in [-0.2, -0.15) is 0 Å². The van der Waals surface area contributed by atoms with Crippen molar-refractivity contribution in [1.82, 2.24) is 0 Å². The van der Waals surface area contributed by atoms with Gasteiger partial charge in [0.15, 0.2) is 12.2 Å². The van der Waals surface area contributed by atoms with Crippen LogP contribution in [0.15, 0.2) is 0 Å². The minimum atomic E-state index is -1.17. The maximum absolute atomic E-state index is 9.84. The highest BCUT2D eigenvalue weighted by Crippen LogP contribution is 1.94. The van der Waals surface area contributed by atoms with Crippen molar-refractivity contribution in [3.8, 4) is 0 Å². The molecule has 0 saturated carbocycles. The molecule has 96 valence electrons. The van der Waals surface area contributed by atoms with E-state index in [4.69, 9.17) is 20.4 Å². The van der Waals surface area contributed by atoms with Crippen molar-refractivity contribution >= 4 is 11.9 Å². The molecule has 0 aliphatic carbocycles. The summed E-state index contributed by atoms with van der Waals surface area (Å²) in [5, 5.41) is 33.2. The van der Waals surface area contributed by atoms with E-state index in [0.717, 1.165) is 0 Å². The predicted octanol–water partition coefficient (Wildman–Crippen LogP) is 0.464. The van der Waals surface area contributed by atoms with Crippen molar-refractivity contribution in [2.75, 3.05) is 0 Å². The minimum Gasteiger partial charge on any atom is -0.479 e. The molecule has 0 aromatic rings. The maximum Gasteiger partial charge on any atom is 0.332 e. The highest BCUT2D eigenvalue weighted by molar-refractivity contribution is 5.72. The van der Waals surface area contributed by atoms with Crippen LogP contribution < -0.4 is 0 Å².